The molecule has 1 aromatic rings. The van der Waals surface area contributed by atoms with Gasteiger partial charge in [-0.2, -0.15) is 13.2 Å². The number of benzene rings is 1. The van der Waals surface area contributed by atoms with Crippen LogP contribution in [0.2, 0.25) is 0 Å². The number of alkyl halides is 3. The summed E-state index contributed by atoms with van der Waals surface area (Å²) in [4.78, 5) is 2.25. The lowest BCUT2D eigenvalue weighted by molar-refractivity contribution is -0.137. The van der Waals surface area contributed by atoms with Crippen molar-refractivity contribution in [1.82, 2.24) is 10.2 Å². The predicted octanol–water partition coefficient (Wildman–Crippen LogP) is 3.53. The molecule has 0 amide bonds. The van der Waals surface area contributed by atoms with Crippen LogP contribution in [0.3, 0.4) is 0 Å². The Balaban J connectivity index is 0.000000956. The highest BCUT2D eigenvalue weighted by Gasteiger charge is 2.30. The molecule has 1 aliphatic heterocycles. The van der Waals surface area contributed by atoms with Gasteiger partial charge >= 0.3 is 6.18 Å². The maximum atomic E-state index is 12.4. The monoisotopic (exact) mass is 288 g/mol. The van der Waals surface area contributed by atoms with Crippen LogP contribution in [-0.4, -0.2) is 30.6 Å². The van der Waals surface area contributed by atoms with E-state index in [0.717, 1.165) is 37.3 Å². The molecule has 0 aromatic heterocycles. The molecule has 1 unspecified atom stereocenters. The van der Waals surface area contributed by atoms with E-state index in [4.69, 9.17) is 0 Å². The van der Waals surface area contributed by atoms with E-state index in [1.54, 1.807) is 12.1 Å². The van der Waals surface area contributed by atoms with Crippen LogP contribution < -0.4 is 5.32 Å². The lowest BCUT2D eigenvalue weighted by atomic mass is 10.1. The summed E-state index contributed by atoms with van der Waals surface area (Å²) in [6.07, 6.45) is -4.25. The highest BCUT2D eigenvalue weighted by molar-refractivity contribution is 5.24. The summed E-state index contributed by atoms with van der Waals surface area (Å²) in [6, 6.07) is 5.88. The molecule has 2 rings (SSSR count). The van der Waals surface area contributed by atoms with Gasteiger partial charge in [-0.15, -0.1) is 0 Å². The second kappa shape index (κ2) is 7.64. The number of halogens is 3. The summed E-state index contributed by atoms with van der Waals surface area (Å²) < 4.78 is 37.2. The van der Waals surface area contributed by atoms with Crippen LogP contribution in [0.4, 0.5) is 13.2 Å². The van der Waals surface area contributed by atoms with Crippen molar-refractivity contribution in [2.45, 2.75) is 39.5 Å². The van der Waals surface area contributed by atoms with E-state index >= 15 is 0 Å². The van der Waals surface area contributed by atoms with Crippen molar-refractivity contribution in [3.05, 3.63) is 35.4 Å². The Morgan fingerprint density at radius 3 is 2.30 bits per heavy atom. The second-order valence-corrected chi connectivity index (χ2v) is 4.78. The maximum absolute atomic E-state index is 12.4. The van der Waals surface area contributed by atoms with Crippen LogP contribution in [-0.2, 0) is 12.7 Å². The Morgan fingerprint density at radius 2 is 1.80 bits per heavy atom. The van der Waals surface area contributed by atoms with E-state index in [2.05, 4.69) is 17.1 Å². The zero-order chi connectivity index (χ0) is 15.2. The molecule has 0 spiro atoms. The first kappa shape index (κ1) is 17.0. The molecule has 1 aliphatic rings. The van der Waals surface area contributed by atoms with Crippen molar-refractivity contribution in [3.63, 3.8) is 0 Å². The lowest BCUT2D eigenvalue weighted by Gasteiger charge is -2.31. The van der Waals surface area contributed by atoms with Crippen LogP contribution >= 0.6 is 0 Å². The van der Waals surface area contributed by atoms with Gasteiger partial charge in [0, 0.05) is 32.2 Å². The van der Waals surface area contributed by atoms with E-state index < -0.39 is 11.7 Å². The number of nitrogens with one attached hydrogen (secondary N) is 1. The van der Waals surface area contributed by atoms with Crippen molar-refractivity contribution >= 4 is 0 Å². The van der Waals surface area contributed by atoms with Gasteiger partial charge in [0.05, 0.1) is 5.56 Å². The standard InChI is InChI=1S/C13H17F3N2.C2H6/c1-10-8-18(7-6-17-10)9-11-2-4-12(5-3-11)13(14,15)16;1-2/h2-5,10,17H,6-9H2,1H3;1-2H3. The van der Waals surface area contributed by atoms with Gasteiger partial charge in [-0.3, -0.25) is 4.90 Å². The molecule has 0 saturated carbocycles. The minimum absolute atomic E-state index is 0.438. The number of rotatable bonds is 2. The topological polar surface area (TPSA) is 15.3 Å². The minimum atomic E-state index is -4.25. The fourth-order valence-electron chi connectivity index (χ4n) is 2.21. The fourth-order valence-corrected chi connectivity index (χ4v) is 2.21. The largest absolute Gasteiger partial charge is 0.416 e. The van der Waals surface area contributed by atoms with Gasteiger partial charge in [0.1, 0.15) is 0 Å². The fraction of sp³-hybridized carbons (Fsp3) is 0.600. The van der Waals surface area contributed by atoms with Gasteiger partial charge in [0.15, 0.2) is 0 Å². The van der Waals surface area contributed by atoms with Crippen molar-refractivity contribution in [1.29, 1.82) is 0 Å². The average Bonchev–Trinajstić information content (AvgIpc) is 2.41. The zero-order valence-corrected chi connectivity index (χ0v) is 12.3. The minimum Gasteiger partial charge on any atom is -0.312 e. The Morgan fingerprint density at radius 1 is 1.20 bits per heavy atom. The molecule has 1 heterocycles. The van der Waals surface area contributed by atoms with Crippen LogP contribution in [0, 0.1) is 0 Å². The summed E-state index contributed by atoms with van der Waals surface area (Å²) in [5.74, 6) is 0. The number of piperazine rings is 1. The SMILES string of the molecule is CC.CC1CN(Cc2ccc(C(F)(F)F)cc2)CCN1. The first-order chi connectivity index (χ1) is 9.45. The van der Waals surface area contributed by atoms with Gasteiger partial charge < -0.3 is 5.32 Å². The van der Waals surface area contributed by atoms with Crippen LogP contribution in [0.1, 0.15) is 31.9 Å². The molecular formula is C15H23F3N2. The Labute approximate surface area is 119 Å². The molecule has 114 valence electrons. The summed E-state index contributed by atoms with van der Waals surface area (Å²) in [6.45, 7) is 9.62. The third kappa shape index (κ3) is 5.13. The second-order valence-electron chi connectivity index (χ2n) is 4.78. The van der Waals surface area contributed by atoms with Gasteiger partial charge in [0.25, 0.3) is 0 Å². The molecule has 1 aromatic carbocycles. The maximum Gasteiger partial charge on any atom is 0.416 e. The first-order valence-electron chi connectivity index (χ1n) is 7.07. The van der Waals surface area contributed by atoms with Crippen molar-refractivity contribution in [2.24, 2.45) is 0 Å². The zero-order valence-electron chi connectivity index (χ0n) is 12.3. The van der Waals surface area contributed by atoms with E-state index in [1.807, 2.05) is 13.8 Å². The third-order valence-electron chi connectivity index (χ3n) is 3.14. The molecule has 0 aliphatic carbocycles. The molecule has 0 radical (unpaired) electrons. The van der Waals surface area contributed by atoms with Crippen molar-refractivity contribution in [2.75, 3.05) is 19.6 Å². The summed E-state index contributed by atoms with van der Waals surface area (Å²) >= 11 is 0. The average molecular weight is 288 g/mol. The van der Waals surface area contributed by atoms with Gasteiger partial charge in [-0.25, -0.2) is 0 Å². The molecule has 20 heavy (non-hydrogen) atoms. The first-order valence-corrected chi connectivity index (χ1v) is 7.07. The van der Waals surface area contributed by atoms with Crippen LogP contribution in [0.15, 0.2) is 24.3 Å². The highest BCUT2D eigenvalue weighted by atomic mass is 19.4. The molecule has 1 atom stereocenters. The van der Waals surface area contributed by atoms with Crippen LogP contribution in [0.25, 0.3) is 0 Å². The van der Waals surface area contributed by atoms with Gasteiger partial charge in [0.2, 0.25) is 0 Å². The van der Waals surface area contributed by atoms with E-state index in [0.29, 0.717) is 12.6 Å². The van der Waals surface area contributed by atoms with Crippen LogP contribution in [0.5, 0.6) is 0 Å². The molecular weight excluding hydrogens is 265 g/mol. The molecule has 1 fully saturated rings. The molecule has 1 N–H and O–H groups in total. The Hall–Kier alpha value is -1.07. The van der Waals surface area contributed by atoms with E-state index in [-0.39, 0.29) is 0 Å². The van der Waals surface area contributed by atoms with Crippen molar-refractivity contribution < 1.29 is 13.2 Å². The molecule has 0 bridgehead atoms. The van der Waals surface area contributed by atoms with E-state index in [1.165, 1.54) is 0 Å². The number of hydrogen-bond acceptors (Lipinski definition) is 2. The van der Waals surface area contributed by atoms with Gasteiger partial charge in [-0.1, -0.05) is 26.0 Å². The number of hydrogen-bond donors (Lipinski definition) is 1. The Bertz CT molecular complexity index is 387. The normalized spacial score (nSPS) is 20.2. The summed E-state index contributed by atoms with van der Waals surface area (Å²) in [5.41, 5.74) is 0.344. The Kier molecular flexibility index (Phi) is 6.49. The summed E-state index contributed by atoms with van der Waals surface area (Å²) in [7, 11) is 0. The number of nitrogens with zero attached hydrogens (tertiary/aromatic N) is 1. The molecule has 5 heteroatoms. The third-order valence-corrected chi connectivity index (χ3v) is 3.14. The highest BCUT2D eigenvalue weighted by Crippen LogP contribution is 2.29. The smallest absolute Gasteiger partial charge is 0.312 e. The quantitative estimate of drug-likeness (QED) is 0.895. The predicted molar refractivity (Wildman–Crippen MR) is 75.5 cm³/mol. The molecule has 1 saturated heterocycles. The summed E-state index contributed by atoms with van der Waals surface area (Å²) in [5, 5.41) is 3.34. The van der Waals surface area contributed by atoms with Crippen molar-refractivity contribution in [3.8, 4) is 0 Å². The molecule has 2 nitrogen and oxygen atoms in total. The lowest BCUT2D eigenvalue weighted by Crippen LogP contribution is -2.48. The van der Waals surface area contributed by atoms with Gasteiger partial charge in [-0.05, 0) is 24.6 Å². The van der Waals surface area contributed by atoms with E-state index in [9.17, 15) is 13.2 Å².